The van der Waals surface area contributed by atoms with Gasteiger partial charge in [-0.25, -0.2) is 0 Å². The van der Waals surface area contributed by atoms with Crippen molar-refractivity contribution in [3.05, 3.63) is 34.9 Å². The predicted octanol–water partition coefficient (Wildman–Crippen LogP) is 11.0. The molecule has 6 aliphatic carbocycles. The number of amides is 3. The molecule has 51 heavy (non-hydrogen) atoms. The molecule has 1 aromatic rings. The zero-order chi connectivity index (χ0) is 35.0. The van der Waals surface area contributed by atoms with Gasteiger partial charge in [0.15, 0.2) is 0 Å². The summed E-state index contributed by atoms with van der Waals surface area (Å²) >= 11 is 0. The minimum atomic E-state index is 0.0706. The second-order valence-electron chi connectivity index (χ2n) is 17.7. The summed E-state index contributed by atoms with van der Waals surface area (Å²) < 4.78 is 0. The molecule has 6 nitrogen and oxygen atoms in total. The van der Waals surface area contributed by atoms with Gasteiger partial charge in [0, 0.05) is 52.9 Å². The van der Waals surface area contributed by atoms with Gasteiger partial charge < -0.3 is 14.7 Å². The zero-order valence-electron chi connectivity index (χ0n) is 32.0. The van der Waals surface area contributed by atoms with E-state index in [0.717, 1.165) is 77.0 Å². The molecule has 6 fully saturated rings. The Labute approximate surface area is 309 Å². The number of carbonyl (C=O) groups is 3. The molecule has 6 saturated carbocycles. The molecule has 6 aliphatic rings. The van der Waals surface area contributed by atoms with Crippen LogP contribution < -0.4 is 0 Å². The lowest BCUT2D eigenvalue weighted by atomic mass is 9.86. The Balaban J connectivity index is 1.29. The molecule has 7 rings (SSSR count). The number of rotatable bonds is 9. The van der Waals surface area contributed by atoms with Crippen LogP contribution in [0, 0.1) is 0 Å². The lowest BCUT2D eigenvalue weighted by molar-refractivity contribution is 0.0444. The van der Waals surface area contributed by atoms with Crippen molar-refractivity contribution in [1.82, 2.24) is 14.7 Å². The lowest BCUT2D eigenvalue weighted by Crippen LogP contribution is -2.50. The second-order valence-corrected chi connectivity index (χ2v) is 17.7. The number of carbonyl (C=O) groups excluding carboxylic acids is 3. The molecule has 0 N–H and O–H groups in total. The maximum atomic E-state index is 15.1. The normalized spacial score (nSPS) is 24.2. The molecule has 0 spiro atoms. The van der Waals surface area contributed by atoms with Crippen molar-refractivity contribution in [2.24, 2.45) is 0 Å². The molecule has 0 saturated heterocycles. The highest BCUT2D eigenvalue weighted by Gasteiger charge is 2.38. The van der Waals surface area contributed by atoms with E-state index in [-0.39, 0.29) is 54.0 Å². The van der Waals surface area contributed by atoms with Gasteiger partial charge in [-0.1, -0.05) is 116 Å². The van der Waals surface area contributed by atoms with Gasteiger partial charge in [-0.3, -0.25) is 14.4 Å². The van der Waals surface area contributed by atoms with Crippen LogP contribution in [-0.2, 0) is 0 Å². The van der Waals surface area contributed by atoms with Crippen LogP contribution in [0.2, 0.25) is 0 Å². The minimum absolute atomic E-state index is 0.0706. The molecule has 0 atom stereocenters. The third kappa shape index (κ3) is 8.89. The number of hydrogen-bond donors (Lipinski definition) is 0. The van der Waals surface area contributed by atoms with Crippen LogP contribution in [0.4, 0.5) is 0 Å². The summed E-state index contributed by atoms with van der Waals surface area (Å²) in [6.45, 7) is 0. The average Bonchev–Trinajstić information content (AvgIpc) is 3.20. The maximum absolute atomic E-state index is 15.1. The Kier molecular flexibility index (Phi) is 13.1. The molecule has 6 heteroatoms. The summed E-state index contributed by atoms with van der Waals surface area (Å²) in [6, 6.07) is 7.36. The molecule has 0 bridgehead atoms. The second kappa shape index (κ2) is 18.1. The third-order valence-corrected chi connectivity index (χ3v) is 14.2. The zero-order valence-corrected chi connectivity index (χ0v) is 32.0. The van der Waals surface area contributed by atoms with Crippen LogP contribution >= 0.6 is 0 Å². The Hall–Kier alpha value is -2.37. The fraction of sp³-hybridized carbons (Fsp3) is 0.800. The first-order valence-corrected chi connectivity index (χ1v) is 22.2. The van der Waals surface area contributed by atoms with Crippen molar-refractivity contribution in [1.29, 1.82) is 0 Å². The minimum Gasteiger partial charge on any atom is -0.333 e. The van der Waals surface area contributed by atoms with Crippen molar-refractivity contribution >= 4 is 17.7 Å². The molecule has 0 heterocycles. The van der Waals surface area contributed by atoms with Gasteiger partial charge in [-0.2, -0.15) is 0 Å². The number of nitrogens with zero attached hydrogens (tertiary/aromatic N) is 3. The molecule has 0 unspecified atom stereocenters. The molecular weight excluding hydrogens is 631 g/mol. The van der Waals surface area contributed by atoms with Gasteiger partial charge in [0.25, 0.3) is 17.7 Å². The molecule has 0 aliphatic heterocycles. The van der Waals surface area contributed by atoms with Crippen molar-refractivity contribution < 1.29 is 14.4 Å². The van der Waals surface area contributed by atoms with Crippen LogP contribution in [-0.4, -0.2) is 68.7 Å². The molecule has 3 amide bonds. The highest BCUT2D eigenvalue weighted by atomic mass is 16.2. The highest BCUT2D eigenvalue weighted by molar-refractivity contribution is 6.05. The smallest absolute Gasteiger partial charge is 0.254 e. The van der Waals surface area contributed by atoms with Crippen LogP contribution in [0.5, 0.6) is 0 Å². The summed E-state index contributed by atoms with van der Waals surface area (Å²) in [4.78, 5) is 52.2. The van der Waals surface area contributed by atoms with E-state index in [2.05, 4.69) is 14.7 Å². The van der Waals surface area contributed by atoms with Crippen molar-refractivity contribution in [3.63, 3.8) is 0 Å². The SMILES string of the molecule is O=C(c1cc(C(=O)N(C2CCCCC2)C2CCCCC2)cc(C(=O)N(C2CCCCC2)C2CCCCC2)c1)N(C1CCCCC1)C1CCCCC1. The quantitative estimate of drug-likeness (QED) is 0.258. The van der Waals surface area contributed by atoms with Gasteiger partial charge in [0.2, 0.25) is 0 Å². The van der Waals surface area contributed by atoms with E-state index in [1.54, 1.807) is 0 Å². The Morgan fingerprint density at radius 3 is 0.608 bits per heavy atom. The Morgan fingerprint density at radius 1 is 0.294 bits per heavy atom. The highest BCUT2D eigenvalue weighted by Crippen LogP contribution is 2.36. The van der Waals surface area contributed by atoms with Gasteiger partial charge in [-0.05, 0) is 95.2 Å². The van der Waals surface area contributed by atoms with Crippen LogP contribution in [0.1, 0.15) is 224 Å². The van der Waals surface area contributed by atoms with E-state index >= 15 is 14.4 Å². The van der Waals surface area contributed by atoms with Crippen molar-refractivity contribution in [2.45, 2.75) is 229 Å². The topological polar surface area (TPSA) is 60.9 Å². The number of hydrogen-bond acceptors (Lipinski definition) is 3. The van der Waals surface area contributed by atoms with Crippen LogP contribution in [0.15, 0.2) is 18.2 Å². The van der Waals surface area contributed by atoms with E-state index in [0.29, 0.717) is 16.7 Å². The number of benzene rings is 1. The summed E-state index contributed by atoms with van der Waals surface area (Å²) in [7, 11) is 0. The first kappa shape index (κ1) is 37.0. The summed E-state index contributed by atoms with van der Waals surface area (Å²) in [5.74, 6) is 0.212. The third-order valence-electron chi connectivity index (χ3n) is 14.2. The molecule has 0 radical (unpaired) electrons. The summed E-state index contributed by atoms with van der Waals surface area (Å²) in [5.41, 5.74) is 1.75. The van der Waals surface area contributed by atoms with Gasteiger partial charge >= 0.3 is 0 Å². The van der Waals surface area contributed by atoms with Crippen LogP contribution in [0.3, 0.4) is 0 Å². The van der Waals surface area contributed by atoms with Crippen LogP contribution in [0.25, 0.3) is 0 Å². The first-order chi connectivity index (χ1) is 25.1. The molecular formula is C45H69N3O3. The summed E-state index contributed by atoms with van der Waals surface area (Å²) in [6.07, 6.45) is 34.5. The van der Waals surface area contributed by atoms with E-state index < -0.39 is 0 Å². The lowest BCUT2D eigenvalue weighted by Gasteiger charge is -2.43. The predicted molar refractivity (Wildman–Crippen MR) is 206 cm³/mol. The van der Waals surface area contributed by atoms with Gasteiger partial charge in [0.1, 0.15) is 0 Å². The Bertz CT molecular complexity index is 1070. The van der Waals surface area contributed by atoms with E-state index in [1.807, 2.05) is 18.2 Å². The fourth-order valence-electron chi connectivity index (χ4n) is 11.5. The summed E-state index contributed by atoms with van der Waals surface area (Å²) in [5, 5.41) is 0. The average molecular weight is 700 g/mol. The standard InChI is InChI=1S/C45H69N3O3/c49-43(46(37-19-7-1-8-20-37)38-21-9-2-10-22-38)34-31-35(44(50)47(39-23-11-3-12-24-39)40-25-13-4-14-26-40)33-36(32-34)45(51)48(41-27-15-5-16-28-41)42-29-17-6-18-30-42/h31-33,37-42H,1-30H2. The van der Waals surface area contributed by atoms with Gasteiger partial charge in [0.05, 0.1) is 0 Å². The van der Waals surface area contributed by atoms with Crippen molar-refractivity contribution in [2.75, 3.05) is 0 Å². The largest absolute Gasteiger partial charge is 0.333 e. The maximum Gasteiger partial charge on any atom is 0.254 e. The molecule has 1 aromatic carbocycles. The molecule has 282 valence electrons. The Morgan fingerprint density at radius 2 is 0.451 bits per heavy atom. The van der Waals surface area contributed by atoms with Crippen molar-refractivity contribution in [3.8, 4) is 0 Å². The first-order valence-electron chi connectivity index (χ1n) is 22.2. The molecule has 0 aromatic heterocycles. The van der Waals surface area contributed by atoms with E-state index in [1.165, 1.54) is 116 Å². The van der Waals surface area contributed by atoms with E-state index in [4.69, 9.17) is 0 Å². The van der Waals surface area contributed by atoms with Gasteiger partial charge in [-0.15, -0.1) is 0 Å². The van der Waals surface area contributed by atoms with E-state index in [9.17, 15) is 0 Å². The fourth-order valence-corrected chi connectivity index (χ4v) is 11.5. The monoisotopic (exact) mass is 700 g/mol.